The summed E-state index contributed by atoms with van der Waals surface area (Å²) in [5, 5.41) is 3.76. The molecule has 1 aromatic carbocycles. The lowest BCUT2D eigenvalue weighted by Gasteiger charge is -2.17. The van der Waals surface area contributed by atoms with Gasteiger partial charge < -0.3 is 9.73 Å². The van der Waals surface area contributed by atoms with Crippen LogP contribution in [0.1, 0.15) is 25.7 Å². The molecule has 28 heavy (non-hydrogen) atoms. The standard InChI is InChI=1S/C18H23Cl2N3O4S/c1-3-23(28(2,25)26)10-4-9-21-17(24)7-8-18-22-12-16(27-18)14-6-5-13(19)11-15(14)20/h5-6,11-12H,3-4,7-10H2,1-2H3,(H,21,24). The highest BCUT2D eigenvalue weighted by atomic mass is 35.5. The number of amides is 1. The minimum atomic E-state index is -3.20. The molecule has 1 aromatic heterocycles. The molecule has 1 amide bonds. The van der Waals surface area contributed by atoms with Crippen LogP contribution >= 0.6 is 23.2 Å². The third-order valence-corrected chi connectivity index (χ3v) is 5.97. The number of hydrogen-bond acceptors (Lipinski definition) is 5. The van der Waals surface area contributed by atoms with Gasteiger partial charge in [-0.05, 0) is 24.6 Å². The summed E-state index contributed by atoms with van der Waals surface area (Å²) in [5.41, 5.74) is 0.681. The van der Waals surface area contributed by atoms with Crippen LogP contribution in [0.4, 0.5) is 0 Å². The van der Waals surface area contributed by atoms with Crippen LogP contribution in [-0.2, 0) is 21.2 Å². The van der Waals surface area contributed by atoms with E-state index in [1.807, 2.05) is 0 Å². The van der Waals surface area contributed by atoms with Gasteiger partial charge in [-0.1, -0.05) is 30.1 Å². The van der Waals surface area contributed by atoms with Crippen LogP contribution in [-0.4, -0.2) is 49.5 Å². The molecule has 0 saturated carbocycles. The first kappa shape index (κ1) is 22.7. The molecule has 0 aliphatic rings. The lowest BCUT2D eigenvalue weighted by molar-refractivity contribution is -0.121. The molecule has 0 aliphatic heterocycles. The van der Waals surface area contributed by atoms with Crippen molar-refractivity contribution in [3.63, 3.8) is 0 Å². The Balaban J connectivity index is 1.77. The SMILES string of the molecule is CCN(CCCNC(=O)CCc1ncc(-c2ccc(Cl)cc2Cl)o1)S(C)(=O)=O. The number of halogens is 2. The number of benzene rings is 1. The Labute approximate surface area is 175 Å². The number of aromatic nitrogens is 1. The van der Waals surface area contributed by atoms with E-state index in [2.05, 4.69) is 10.3 Å². The van der Waals surface area contributed by atoms with Crippen molar-refractivity contribution in [1.82, 2.24) is 14.6 Å². The van der Waals surface area contributed by atoms with Crippen LogP contribution in [0.5, 0.6) is 0 Å². The Morgan fingerprint density at radius 1 is 1.32 bits per heavy atom. The van der Waals surface area contributed by atoms with Crippen LogP contribution < -0.4 is 5.32 Å². The molecule has 1 N–H and O–H groups in total. The molecule has 2 rings (SSSR count). The second-order valence-corrected chi connectivity index (χ2v) is 9.03. The van der Waals surface area contributed by atoms with Gasteiger partial charge in [-0.15, -0.1) is 0 Å². The number of carbonyl (C=O) groups is 1. The number of rotatable bonds is 10. The highest BCUT2D eigenvalue weighted by Crippen LogP contribution is 2.30. The van der Waals surface area contributed by atoms with E-state index in [4.69, 9.17) is 27.6 Å². The first-order valence-electron chi connectivity index (χ1n) is 8.82. The molecule has 0 atom stereocenters. The van der Waals surface area contributed by atoms with Gasteiger partial charge in [-0.25, -0.2) is 17.7 Å². The lowest BCUT2D eigenvalue weighted by atomic mass is 10.2. The van der Waals surface area contributed by atoms with Crippen LogP contribution in [0.15, 0.2) is 28.8 Å². The minimum Gasteiger partial charge on any atom is -0.441 e. The van der Waals surface area contributed by atoms with Crippen LogP contribution in [0.25, 0.3) is 11.3 Å². The summed E-state index contributed by atoms with van der Waals surface area (Å²) in [7, 11) is -3.20. The maximum absolute atomic E-state index is 11.9. The van der Waals surface area contributed by atoms with E-state index in [1.54, 1.807) is 31.3 Å². The fraction of sp³-hybridized carbons (Fsp3) is 0.444. The average Bonchev–Trinajstić information content (AvgIpc) is 3.07. The molecule has 7 nitrogen and oxygen atoms in total. The van der Waals surface area contributed by atoms with Crippen LogP contribution in [0, 0.1) is 0 Å². The Kier molecular flexibility index (Phi) is 8.30. The Morgan fingerprint density at radius 3 is 2.71 bits per heavy atom. The number of sulfonamides is 1. The van der Waals surface area contributed by atoms with E-state index in [0.717, 1.165) is 0 Å². The second kappa shape index (κ2) is 10.2. The van der Waals surface area contributed by atoms with Crippen LogP contribution in [0.2, 0.25) is 10.0 Å². The van der Waals surface area contributed by atoms with Gasteiger partial charge in [-0.3, -0.25) is 4.79 Å². The molecule has 1 heterocycles. The van der Waals surface area contributed by atoms with Gasteiger partial charge in [0.1, 0.15) is 0 Å². The molecule has 0 fully saturated rings. The molecule has 0 bridgehead atoms. The smallest absolute Gasteiger partial charge is 0.220 e. The molecule has 10 heteroatoms. The van der Waals surface area contributed by atoms with E-state index < -0.39 is 10.0 Å². The zero-order valence-corrected chi connectivity index (χ0v) is 18.1. The van der Waals surface area contributed by atoms with E-state index in [0.29, 0.717) is 59.7 Å². The summed E-state index contributed by atoms with van der Waals surface area (Å²) in [4.78, 5) is 16.1. The maximum atomic E-state index is 11.9. The van der Waals surface area contributed by atoms with Gasteiger partial charge in [0.15, 0.2) is 11.7 Å². The number of nitrogens with one attached hydrogen (secondary N) is 1. The van der Waals surface area contributed by atoms with Gasteiger partial charge in [-0.2, -0.15) is 0 Å². The van der Waals surface area contributed by atoms with Crippen molar-refractivity contribution in [3.05, 3.63) is 40.3 Å². The molecular formula is C18H23Cl2N3O4S. The maximum Gasteiger partial charge on any atom is 0.220 e. The average molecular weight is 448 g/mol. The summed E-state index contributed by atoms with van der Waals surface area (Å²) in [6.07, 6.45) is 3.86. The molecule has 0 unspecified atom stereocenters. The van der Waals surface area contributed by atoms with Gasteiger partial charge in [0.05, 0.1) is 17.5 Å². The number of aryl methyl sites for hydroxylation is 1. The molecule has 0 spiro atoms. The quantitative estimate of drug-likeness (QED) is 0.563. The van der Waals surface area contributed by atoms with E-state index in [-0.39, 0.29) is 12.3 Å². The predicted molar refractivity (Wildman–Crippen MR) is 110 cm³/mol. The first-order chi connectivity index (χ1) is 13.2. The van der Waals surface area contributed by atoms with E-state index >= 15 is 0 Å². The third kappa shape index (κ3) is 6.77. The second-order valence-electron chi connectivity index (χ2n) is 6.20. The molecule has 154 valence electrons. The number of oxazole rings is 1. The highest BCUT2D eigenvalue weighted by molar-refractivity contribution is 7.88. The van der Waals surface area contributed by atoms with Crippen molar-refractivity contribution in [3.8, 4) is 11.3 Å². The van der Waals surface area contributed by atoms with Crippen molar-refractivity contribution in [2.45, 2.75) is 26.2 Å². The van der Waals surface area contributed by atoms with Crippen molar-refractivity contribution in [2.75, 3.05) is 25.9 Å². The summed E-state index contributed by atoms with van der Waals surface area (Å²) in [5.74, 6) is 0.801. The van der Waals surface area contributed by atoms with Crippen molar-refractivity contribution < 1.29 is 17.6 Å². The van der Waals surface area contributed by atoms with Crippen molar-refractivity contribution in [2.24, 2.45) is 0 Å². The van der Waals surface area contributed by atoms with E-state index in [9.17, 15) is 13.2 Å². The van der Waals surface area contributed by atoms with Gasteiger partial charge in [0.2, 0.25) is 15.9 Å². The lowest BCUT2D eigenvalue weighted by Crippen LogP contribution is -2.33. The van der Waals surface area contributed by atoms with Crippen LogP contribution in [0.3, 0.4) is 0 Å². The molecular weight excluding hydrogens is 425 g/mol. The number of hydrogen-bond donors (Lipinski definition) is 1. The summed E-state index contributed by atoms with van der Waals surface area (Å²) < 4.78 is 30.0. The van der Waals surface area contributed by atoms with Gasteiger partial charge in [0.25, 0.3) is 0 Å². The normalized spacial score (nSPS) is 11.8. The topological polar surface area (TPSA) is 92.5 Å². The number of carbonyl (C=O) groups excluding carboxylic acids is 1. The number of nitrogens with zero attached hydrogens (tertiary/aromatic N) is 2. The van der Waals surface area contributed by atoms with Crippen molar-refractivity contribution >= 4 is 39.1 Å². The largest absolute Gasteiger partial charge is 0.441 e. The zero-order chi connectivity index (χ0) is 20.7. The van der Waals surface area contributed by atoms with Gasteiger partial charge >= 0.3 is 0 Å². The van der Waals surface area contributed by atoms with E-state index in [1.165, 1.54) is 10.6 Å². The summed E-state index contributed by atoms with van der Waals surface area (Å²) >= 11 is 12.0. The van der Waals surface area contributed by atoms with Gasteiger partial charge in [0, 0.05) is 43.1 Å². The molecule has 0 aliphatic carbocycles. The first-order valence-corrected chi connectivity index (χ1v) is 11.4. The molecule has 0 radical (unpaired) electrons. The minimum absolute atomic E-state index is 0.147. The van der Waals surface area contributed by atoms with Crippen molar-refractivity contribution in [1.29, 1.82) is 0 Å². The fourth-order valence-electron chi connectivity index (χ4n) is 2.59. The summed E-state index contributed by atoms with van der Waals surface area (Å²) in [6.45, 7) is 2.97. The fourth-order valence-corrected chi connectivity index (χ4v) is 4.02. The molecule has 2 aromatic rings. The summed E-state index contributed by atoms with van der Waals surface area (Å²) in [6, 6.07) is 5.08. The Hall–Kier alpha value is -1.61. The zero-order valence-electron chi connectivity index (χ0n) is 15.7. The Morgan fingerprint density at radius 2 is 2.07 bits per heavy atom. The Bertz CT molecular complexity index is 915. The monoisotopic (exact) mass is 447 g/mol. The third-order valence-electron chi connectivity index (χ3n) is 4.04. The molecule has 0 saturated heterocycles. The predicted octanol–water partition coefficient (Wildman–Crippen LogP) is 3.37. The highest BCUT2D eigenvalue weighted by Gasteiger charge is 2.14.